The lowest BCUT2D eigenvalue weighted by Crippen LogP contribution is -2.49. The van der Waals surface area contributed by atoms with Gasteiger partial charge in [0.1, 0.15) is 5.82 Å². The van der Waals surface area contributed by atoms with E-state index in [4.69, 9.17) is 4.98 Å². The maximum atomic E-state index is 4.82. The summed E-state index contributed by atoms with van der Waals surface area (Å²) < 4.78 is 0. The topological polar surface area (TPSA) is 68.3 Å². The van der Waals surface area contributed by atoms with Crippen LogP contribution in [-0.4, -0.2) is 66.2 Å². The lowest BCUT2D eigenvalue weighted by atomic mass is 9.95. The fraction of sp³-hybridized carbons (Fsp3) is 0.655. The lowest BCUT2D eigenvalue weighted by Gasteiger charge is -2.37. The van der Waals surface area contributed by atoms with Crippen molar-refractivity contribution in [2.75, 3.05) is 49.5 Å². The van der Waals surface area contributed by atoms with Crippen LogP contribution in [0.2, 0.25) is 0 Å². The van der Waals surface area contributed by atoms with Crippen LogP contribution in [0.4, 0.5) is 11.8 Å². The van der Waals surface area contributed by atoms with Crippen LogP contribution in [0.5, 0.6) is 0 Å². The van der Waals surface area contributed by atoms with Crippen LogP contribution in [0.1, 0.15) is 69.2 Å². The number of aromatic nitrogens is 2. The second-order valence-electron chi connectivity index (χ2n) is 10.8. The summed E-state index contributed by atoms with van der Waals surface area (Å²) in [5, 5.41) is 10.7. The molecule has 0 bridgehead atoms. The molecule has 0 atom stereocenters. The van der Waals surface area contributed by atoms with E-state index in [2.05, 4.69) is 81.8 Å². The Hall–Kier alpha value is -2.22. The molecule has 36 heavy (non-hydrogen) atoms. The molecule has 1 aliphatic carbocycles. The Morgan fingerprint density at radius 2 is 1.58 bits per heavy atom. The van der Waals surface area contributed by atoms with Crippen molar-refractivity contribution < 1.29 is 0 Å². The smallest absolute Gasteiger partial charge is 0.225 e. The SMILES string of the molecule is Cc1cc(N2CCN(C(C)C)CC2)nc(NCc2ccc(CNCCCNC3CCCCC3)cc2)n1. The molecule has 1 aliphatic heterocycles. The number of piperazine rings is 1. The minimum atomic E-state index is 0.604. The molecule has 1 saturated carbocycles. The van der Waals surface area contributed by atoms with E-state index in [9.17, 15) is 0 Å². The van der Waals surface area contributed by atoms with Gasteiger partial charge in [-0.15, -0.1) is 0 Å². The van der Waals surface area contributed by atoms with Gasteiger partial charge in [0, 0.05) is 63.1 Å². The van der Waals surface area contributed by atoms with Gasteiger partial charge in [0.15, 0.2) is 0 Å². The zero-order valence-electron chi connectivity index (χ0n) is 22.7. The Balaban J connectivity index is 1.16. The van der Waals surface area contributed by atoms with Crippen LogP contribution in [-0.2, 0) is 13.1 Å². The van der Waals surface area contributed by atoms with Gasteiger partial charge in [-0.05, 0) is 64.3 Å². The van der Waals surface area contributed by atoms with Crippen LogP contribution < -0.4 is 20.9 Å². The zero-order valence-corrected chi connectivity index (χ0v) is 22.7. The standard InChI is InChI=1S/C29H47N7/c1-23(2)35-16-18-36(19-17-35)28-20-24(3)33-29(34-28)32-22-26-12-10-25(11-13-26)21-30-14-7-15-31-27-8-5-4-6-9-27/h10-13,20,23,27,30-31H,4-9,14-19,21-22H2,1-3H3,(H,32,33,34). The van der Waals surface area contributed by atoms with E-state index >= 15 is 0 Å². The molecule has 7 heteroatoms. The molecule has 2 aromatic rings. The number of nitrogens with zero attached hydrogens (tertiary/aromatic N) is 4. The van der Waals surface area contributed by atoms with Crippen LogP contribution in [0.15, 0.2) is 30.3 Å². The van der Waals surface area contributed by atoms with Crippen molar-refractivity contribution in [3.63, 3.8) is 0 Å². The van der Waals surface area contributed by atoms with Crippen molar-refractivity contribution in [3.05, 3.63) is 47.2 Å². The van der Waals surface area contributed by atoms with Gasteiger partial charge in [-0.1, -0.05) is 43.5 Å². The molecule has 0 spiro atoms. The maximum absolute atomic E-state index is 4.82. The van der Waals surface area contributed by atoms with E-state index in [1.807, 2.05) is 0 Å². The molecule has 1 saturated heterocycles. The van der Waals surface area contributed by atoms with Gasteiger partial charge in [-0.2, -0.15) is 4.98 Å². The third-order valence-electron chi connectivity index (χ3n) is 7.58. The highest BCUT2D eigenvalue weighted by Gasteiger charge is 2.20. The predicted octanol–water partition coefficient (Wildman–Crippen LogP) is 4.33. The summed E-state index contributed by atoms with van der Waals surface area (Å²) in [6.45, 7) is 14.6. The van der Waals surface area contributed by atoms with E-state index in [1.54, 1.807) is 0 Å². The normalized spacial score (nSPS) is 17.6. The monoisotopic (exact) mass is 493 g/mol. The van der Waals surface area contributed by atoms with Gasteiger partial charge in [0.05, 0.1) is 0 Å². The van der Waals surface area contributed by atoms with E-state index in [0.717, 1.165) is 69.9 Å². The summed E-state index contributed by atoms with van der Waals surface area (Å²) in [6, 6.07) is 12.3. The summed E-state index contributed by atoms with van der Waals surface area (Å²) in [7, 11) is 0. The van der Waals surface area contributed by atoms with Crippen molar-refractivity contribution >= 4 is 11.8 Å². The average molecular weight is 494 g/mol. The van der Waals surface area contributed by atoms with Crippen molar-refractivity contribution in [1.29, 1.82) is 0 Å². The third-order valence-corrected chi connectivity index (χ3v) is 7.58. The second kappa shape index (κ2) is 13.9. The molecule has 4 rings (SSSR count). The summed E-state index contributed by atoms with van der Waals surface area (Å²) in [6.07, 6.45) is 8.13. The van der Waals surface area contributed by atoms with Crippen LogP contribution in [0.25, 0.3) is 0 Å². The molecule has 7 nitrogen and oxygen atoms in total. The van der Waals surface area contributed by atoms with E-state index in [-0.39, 0.29) is 0 Å². The molecule has 1 aromatic carbocycles. The number of rotatable bonds is 12. The minimum Gasteiger partial charge on any atom is -0.354 e. The Bertz CT molecular complexity index is 900. The fourth-order valence-corrected chi connectivity index (χ4v) is 5.28. The van der Waals surface area contributed by atoms with Crippen molar-refractivity contribution in [2.24, 2.45) is 0 Å². The molecule has 0 amide bonds. The maximum Gasteiger partial charge on any atom is 0.225 e. The number of nitrogens with one attached hydrogen (secondary N) is 3. The Labute approximate surface area is 218 Å². The summed E-state index contributed by atoms with van der Waals surface area (Å²) in [4.78, 5) is 14.4. The van der Waals surface area contributed by atoms with Gasteiger partial charge >= 0.3 is 0 Å². The molecular formula is C29H47N7. The molecule has 0 unspecified atom stereocenters. The van der Waals surface area contributed by atoms with Gasteiger partial charge < -0.3 is 20.9 Å². The highest BCUT2D eigenvalue weighted by Crippen LogP contribution is 2.19. The Kier molecular flexibility index (Phi) is 10.4. The van der Waals surface area contributed by atoms with E-state index in [0.29, 0.717) is 12.0 Å². The van der Waals surface area contributed by atoms with Gasteiger partial charge in [0.25, 0.3) is 0 Å². The van der Waals surface area contributed by atoms with Crippen molar-refractivity contribution in [3.8, 4) is 0 Å². The zero-order chi connectivity index (χ0) is 25.2. The van der Waals surface area contributed by atoms with E-state index in [1.165, 1.54) is 49.7 Å². The molecule has 3 N–H and O–H groups in total. The van der Waals surface area contributed by atoms with Gasteiger partial charge in [-0.25, -0.2) is 4.98 Å². The molecule has 1 aromatic heterocycles. The molecule has 2 fully saturated rings. The first-order chi connectivity index (χ1) is 17.6. The Morgan fingerprint density at radius 1 is 0.889 bits per heavy atom. The number of anilines is 2. The molecular weight excluding hydrogens is 446 g/mol. The number of benzene rings is 1. The molecule has 198 valence electrons. The highest BCUT2D eigenvalue weighted by atomic mass is 15.3. The minimum absolute atomic E-state index is 0.604. The average Bonchev–Trinajstić information content (AvgIpc) is 2.90. The third kappa shape index (κ3) is 8.43. The summed E-state index contributed by atoms with van der Waals surface area (Å²) in [5.41, 5.74) is 3.57. The van der Waals surface area contributed by atoms with Gasteiger partial charge in [0.2, 0.25) is 5.95 Å². The summed E-state index contributed by atoms with van der Waals surface area (Å²) in [5.74, 6) is 1.74. The first-order valence-electron chi connectivity index (χ1n) is 14.2. The molecule has 0 radical (unpaired) electrons. The van der Waals surface area contributed by atoms with E-state index < -0.39 is 0 Å². The predicted molar refractivity (Wildman–Crippen MR) is 151 cm³/mol. The highest BCUT2D eigenvalue weighted by molar-refractivity contribution is 5.45. The Morgan fingerprint density at radius 3 is 2.28 bits per heavy atom. The fourth-order valence-electron chi connectivity index (χ4n) is 5.28. The number of aryl methyl sites for hydroxylation is 1. The molecule has 2 aliphatic rings. The van der Waals surface area contributed by atoms with Crippen LogP contribution in [0, 0.1) is 6.92 Å². The number of hydrogen-bond donors (Lipinski definition) is 3. The summed E-state index contributed by atoms with van der Waals surface area (Å²) >= 11 is 0. The second-order valence-corrected chi connectivity index (χ2v) is 10.8. The van der Waals surface area contributed by atoms with Crippen LogP contribution >= 0.6 is 0 Å². The van der Waals surface area contributed by atoms with Crippen molar-refractivity contribution in [2.45, 2.75) is 84.5 Å². The van der Waals surface area contributed by atoms with Crippen molar-refractivity contribution in [1.82, 2.24) is 25.5 Å². The first kappa shape index (κ1) is 26.8. The molecule has 2 heterocycles. The largest absolute Gasteiger partial charge is 0.354 e. The number of hydrogen-bond acceptors (Lipinski definition) is 7. The van der Waals surface area contributed by atoms with Crippen LogP contribution in [0.3, 0.4) is 0 Å². The quantitative estimate of drug-likeness (QED) is 0.380. The first-order valence-corrected chi connectivity index (χ1v) is 14.2. The van der Waals surface area contributed by atoms with Gasteiger partial charge in [-0.3, -0.25) is 4.90 Å². The lowest BCUT2D eigenvalue weighted by molar-refractivity contribution is 0.209.